The van der Waals surface area contributed by atoms with Gasteiger partial charge in [-0.25, -0.2) is 13.4 Å². The summed E-state index contributed by atoms with van der Waals surface area (Å²) in [6.07, 6.45) is 3.88. The number of hydrogen-bond acceptors (Lipinski definition) is 5. The Morgan fingerprint density at radius 1 is 1.13 bits per heavy atom. The number of amides is 1. The highest BCUT2D eigenvalue weighted by Gasteiger charge is 2.32. The van der Waals surface area contributed by atoms with Crippen LogP contribution < -0.4 is 0 Å². The molecule has 4 heterocycles. The van der Waals surface area contributed by atoms with Crippen molar-refractivity contribution in [1.82, 2.24) is 18.8 Å². The van der Waals surface area contributed by atoms with Gasteiger partial charge in [0.1, 0.15) is 14.8 Å². The smallest absolute Gasteiger partial charge is 0.265 e. The van der Waals surface area contributed by atoms with Crippen molar-refractivity contribution in [2.75, 3.05) is 26.2 Å². The number of carbonyl (C=O) groups excluding carboxylic acids is 1. The maximum absolute atomic E-state index is 13.1. The topological polar surface area (TPSA) is 75.5 Å². The maximum atomic E-state index is 13.1. The van der Waals surface area contributed by atoms with Gasteiger partial charge in [0.25, 0.3) is 5.91 Å². The zero-order valence-corrected chi connectivity index (χ0v) is 19.8. The van der Waals surface area contributed by atoms with Crippen molar-refractivity contribution in [3.05, 3.63) is 22.3 Å². The van der Waals surface area contributed by atoms with Gasteiger partial charge in [-0.2, -0.15) is 4.31 Å². The van der Waals surface area contributed by atoms with Crippen molar-refractivity contribution < 1.29 is 13.2 Å². The molecular weight excluding hydrogens is 420 g/mol. The van der Waals surface area contributed by atoms with Gasteiger partial charge in [0.05, 0.1) is 11.4 Å². The Labute approximate surface area is 182 Å². The minimum absolute atomic E-state index is 0.0407. The van der Waals surface area contributed by atoms with E-state index in [0.29, 0.717) is 45.2 Å². The van der Waals surface area contributed by atoms with Crippen LogP contribution in [-0.4, -0.2) is 59.3 Å². The van der Waals surface area contributed by atoms with Crippen molar-refractivity contribution in [3.63, 3.8) is 0 Å². The van der Waals surface area contributed by atoms with Crippen LogP contribution in [0.1, 0.15) is 53.7 Å². The SMILES string of the molecule is Cc1nc(-c2cc(S(=O)(=O)N3CCCC3)c(C)n2C)sc1C(=O)N1CCC(C)CC1. The van der Waals surface area contributed by atoms with Crippen molar-refractivity contribution in [3.8, 4) is 10.7 Å². The molecular formula is C21H30N4O3S2. The number of sulfonamides is 1. The molecule has 0 saturated carbocycles. The number of carbonyl (C=O) groups is 1. The summed E-state index contributed by atoms with van der Waals surface area (Å²) in [6.45, 7) is 8.64. The third-order valence-corrected chi connectivity index (χ3v) is 9.63. The molecule has 0 radical (unpaired) electrons. The Kier molecular flexibility index (Phi) is 5.80. The minimum Gasteiger partial charge on any atom is -0.345 e. The third kappa shape index (κ3) is 3.71. The first-order valence-electron chi connectivity index (χ1n) is 10.6. The zero-order valence-electron chi connectivity index (χ0n) is 18.1. The summed E-state index contributed by atoms with van der Waals surface area (Å²) in [7, 11) is -1.65. The second kappa shape index (κ2) is 8.09. The van der Waals surface area contributed by atoms with Crippen molar-refractivity contribution in [1.29, 1.82) is 0 Å². The van der Waals surface area contributed by atoms with E-state index in [1.165, 1.54) is 11.3 Å². The van der Waals surface area contributed by atoms with Gasteiger partial charge < -0.3 is 9.47 Å². The lowest BCUT2D eigenvalue weighted by Crippen LogP contribution is -2.37. The number of rotatable bonds is 4. The molecule has 4 rings (SSSR count). The molecule has 0 bridgehead atoms. The molecule has 0 aromatic carbocycles. The first kappa shape index (κ1) is 21.5. The van der Waals surface area contributed by atoms with Crippen LogP contribution in [0, 0.1) is 19.8 Å². The van der Waals surface area contributed by atoms with Crippen LogP contribution in [0.15, 0.2) is 11.0 Å². The van der Waals surface area contributed by atoms with Crippen LogP contribution in [0.3, 0.4) is 0 Å². The first-order chi connectivity index (χ1) is 14.2. The van der Waals surface area contributed by atoms with Crippen LogP contribution in [0.2, 0.25) is 0 Å². The summed E-state index contributed by atoms with van der Waals surface area (Å²) < 4.78 is 29.6. The number of aromatic nitrogens is 2. The highest BCUT2D eigenvalue weighted by atomic mass is 32.2. The van der Waals surface area contributed by atoms with Gasteiger partial charge in [-0.1, -0.05) is 6.92 Å². The average Bonchev–Trinajstić information content (AvgIpc) is 3.43. The average molecular weight is 451 g/mol. The van der Waals surface area contributed by atoms with E-state index in [-0.39, 0.29) is 5.91 Å². The lowest BCUT2D eigenvalue weighted by Gasteiger charge is -2.30. The standard InChI is InChI=1S/C21H30N4O3S2/c1-14-7-11-24(12-8-14)21(26)19-15(2)22-20(29-19)17-13-18(16(3)23(17)4)30(27,28)25-9-5-6-10-25/h13-14H,5-12H2,1-4H3. The van der Waals surface area contributed by atoms with E-state index in [1.54, 1.807) is 10.4 Å². The van der Waals surface area contributed by atoms with Gasteiger partial charge in [-0.3, -0.25) is 4.79 Å². The van der Waals surface area contributed by atoms with E-state index >= 15 is 0 Å². The Morgan fingerprint density at radius 2 is 1.77 bits per heavy atom. The molecule has 30 heavy (non-hydrogen) atoms. The van der Waals surface area contributed by atoms with Crippen LogP contribution in [0.5, 0.6) is 0 Å². The van der Waals surface area contributed by atoms with Crippen LogP contribution in [-0.2, 0) is 17.1 Å². The van der Waals surface area contributed by atoms with Crippen LogP contribution in [0.4, 0.5) is 0 Å². The lowest BCUT2D eigenvalue weighted by molar-refractivity contribution is 0.0701. The van der Waals surface area contributed by atoms with E-state index < -0.39 is 10.0 Å². The molecule has 0 aliphatic carbocycles. The molecule has 0 atom stereocenters. The molecule has 2 aromatic rings. The second-order valence-corrected chi connectivity index (χ2v) is 11.5. The normalized spacial score (nSPS) is 19.0. The van der Waals surface area contributed by atoms with Crippen LogP contribution in [0.25, 0.3) is 10.7 Å². The minimum atomic E-state index is -3.51. The lowest BCUT2D eigenvalue weighted by atomic mass is 9.99. The summed E-state index contributed by atoms with van der Waals surface area (Å²) in [5.74, 6) is 0.702. The van der Waals surface area contributed by atoms with Gasteiger partial charge >= 0.3 is 0 Å². The molecule has 2 aromatic heterocycles. The number of thiazole rings is 1. The maximum Gasteiger partial charge on any atom is 0.265 e. The number of piperidine rings is 1. The molecule has 2 aliphatic heterocycles. The predicted molar refractivity (Wildman–Crippen MR) is 118 cm³/mol. The highest BCUT2D eigenvalue weighted by Crippen LogP contribution is 2.34. The molecule has 9 heteroatoms. The molecule has 2 saturated heterocycles. The third-order valence-electron chi connectivity index (χ3n) is 6.45. The number of nitrogens with zero attached hydrogens (tertiary/aromatic N) is 4. The number of hydrogen-bond donors (Lipinski definition) is 0. The fourth-order valence-corrected chi connectivity index (χ4v) is 7.14. The highest BCUT2D eigenvalue weighted by molar-refractivity contribution is 7.89. The van der Waals surface area contributed by atoms with Gasteiger partial charge in [0, 0.05) is 38.9 Å². The van der Waals surface area contributed by atoms with Crippen molar-refractivity contribution in [2.45, 2.75) is 51.3 Å². The molecule has 164 valence electrons. The molecule has 0 N–H and O–H groups in total. The van der Waals surface area contributed by atoms with Gasteiger partial charge in [-0.15, -0.1) is 11.3 Å². The summed E-state index contributed by atoms with van der Waals surface area (Å²) in [6, 6.07) is 1.72. The van der Waals surface area contributed by atoms with E-state index in [1.807, 2.05) is 30.4 Å². The Bertz CT molecular complexity index is 1060. The molecule has 7 nitrogen and oxygen atoms in total. The van der Waals surface area contributed by atoms with E-state index in [9.17, 15) is 13.2 Å². The summed E-state index contributed by atoms with van der Waals surface area (Å²) in [5.41, 5.74) is 2.15. The van der Waals surface area contributed by atoms with E-state index in [2.05, 4.69) is 11.9 Å². The van der Waals surface area contributed by atoms with E-state index in [4.69, 9.17) is 0 Å². The molecule has 0 unspecified atom stereocenters. The second-order valence-electron chi connectivity index (χ2n) is 8.56. The summed E-state index contributed by atoms with van der Waals surface area (Å²) in [5, 5.41) is 0.690. The predicted octanol–water partition coefficient (Wildman–Crippen LogP) is 3.42. The van der Waals surface area contributed by atoms with Crippen LogP contribution >= 0.6 is 11.3 Å². The largest absolute Gasteiger partial charge is 0.345 e. The summed E-state index contributed by atoms with van der Waals surface area (Å²) >= 11 is 1.36. The molecule has 1 amide bonds. The fourth-order valence-electron chi connectivity index (χ4n) is 4.26. The fraction of sp³-hybridized carbons (Fsp3) is 0.619. The quantitative estimate of drug-likeness (QED) is 0.715. The van der Waals surface area contributed by atoms with Gasteiger partial charge in [0.15, 0.2) is 0 Å². The first-order valence-corrected chi connectivity index (χ1v) is 12.9. The summed E-state index contributed by atoms with van der Waals surface area (Å²) in [4.78, 5) is 20.6. The Morgan fingerprint density at radius 3 is 2.40 bits per heavy atom. The number of aryl methyl sites for hydroxylation is 1. The monoisotopic (exact) mass is 450 g/mol. The zero-order chi connectivity index (χ0) is 21.6. The van der Waals surface area contributed by atoms with Crippen molar-refractivity contribution in [2.24, 2.45) is 13.0 Å². The molecule has 0 spiro atoms. The molecule has 2 fully saturated rings. The molecule has 2 aliphatic rings. The Balaban J connectivity index is 1.65. The van der Waals surface area contributed by atoms with E-state index in [0.717, 1.165) is 44.5 Å². The number of likely N-dealkylation sites (tertiary alicyclic amines) is 1. The Hall–Kier alpha value is -1.71. The van der Waals surface area contributed by atoms with Gasteiger partial charge in [-0.05, 0) is 51.5 Å². The van der Waals surface area contributed by atoms with Crippen molar-refractivity contribution >= 4 is 27.3 Å². The van der Waals surface area contributed by atoms with Gasteiger partial charge in [0.2, 0.25) is 10.0 Å².